The van der Waals surface area contributed by atoms with Crippen LogP contribution in [0.25, 0.3) is 11.6 Å². The fourth-order valence-electron chi connectivity index (χ4n) is 3.01. The van der Waals surface area contributed by atoms with Gasteiger partial charge in [-0.15, -0.1) is 0 Å². The number of allylic oxidation sites excluding steroid dienone is 1. The molecule has 0 amide bonds. The van der Waals surface area contributed by atoms with E-state index in [1.807, 2.05) is 30.3 Å². The molecule has 0 unspecified atom stereocenters. The lowest BCUT2D eigenvalue weighted by molar-refractivity contribution is 0.0729. The van der Waals surface area contributed by atoms with Crippen molar-refractivity contribution in [2.45, 2.75) is 0 Å². The fraction of sp³-hybridized carbons (Fsp3) is 0.0833. The first-order chi connectivity index (χ1) is 14.7. The van der Waals surface area contributed by atoms with E-state index in [0.717, 1.165) is 11.1 Å². The predicted molar refractivity (Wildman–Crippen MR) is 110 cm³/mol. The van der Waals surface area contributed by atoms with Crippen molar-refractivity contribution in [3.05, 3.63) is 83.4 Å². The highest BCUT2D eigenvalue weighted by molar-refractivity contribution is 5.93. The Morgan fingerprint density at radius 3 is 2.53 bits per heavy atom. The number of nitriles is 1. The Hall–Kier alpha value is -4.24. The second-order valence-electron chi connectivity index (χ2n) is 6.40. The third kappa shape index (κ3) is 3.96. The molecule has 4 rings (SSSR count). The molecule has 0 fully saturated rings. The smallest absolute Gasteiger partial charge is 0.343 e. The van der Waals surface area contributed by atoms with E-state index in [4.69, 9.17) is 18.9 Å². The molecular weight excluding hydrogens is 382 g/mol. The maximum atomic E-state index is 12.5. The topological polar surface area (TPSA) is 77.8 Å². The van der Waals surface area contributed by atoms with Crippen molar-refractivity contribution in [1.29, 1.82) is 5.26 Å². The fourth-order valence-corrected chi connectivity index (χ4v) is 3.01. The van der Waals surface area contributed by atoms with Gasteiger partial charge in [0.1, 0.15) is 0 Å². The van der Waals surface area contributed by atoms with Crippen LogP contribution in [0.5, 0.6) is 23.0 Å². The molecule has 0 bridgehead atoms. The zero-order valence-corrected chi connectivity index (χ0v) is 16.1. The average Bonchev–Trinajstić information content (AvgIpc) is 3.26. The van der Waals surface area contributed by atoms with Crippen molar-refractivity contribution in [2.24, 2.45) is 0 Å². The predicted octanol–water partition coefficient (Wildman–Crippen LogP) is 4.71. The second kappa shape index (κ2) is 8.41. The van der Waals surface area contributed by atoms with Gasteiger partial charge in [-0.3, -0.25) is 0 Å². The van der Waals surface area contributed by atoms with Gasteiger partial charge in [0.25, 0.3) is 0 Å². The maximum absolute atomic E-state index is 12.5. The maximum Gasteiger partial charge on any atom is 0.343 e. The molecule has 1 aliphatic heterocycles. The van der Waals surface area contributed by atoms with Gasteiger partial charge in [0.2, 0.25) is 6.79 Å². The first kappa shape index (κ1) is 19.1. The molecular formula is C24H17NO5. The number of esters is 1. The molecule has 1 aliphatic rings. The quantitative estimate of drug-likeness (QED) is 0.268. The van der Waals surface area contributed by atoms with Crippen molar-refractivity contribution >= 4 is 17.6 Å². The summed E-state index contributed by atoms with van der Waals surface area (Å²) in [5, 5.41) is 9.50. The molecule has 6 nitrogen and oxygen atoms in total. The lowest BCUT2D eigenvalue weighted by Gasteiger charge is -2.10. The second-order valence-corrected chi connectivity index (χ2v) is 6.40. The normalized spacial score (nSPS) is 12.2. The Balaban J connectivity index is 1.57. The van der Waals surface area contributed by atoms with Crippen LogP contribution in [0.4, 0.5) is 0 Å². The number of hydrogen-bond acceptors (Lipinski definition) is 6. The summed E-state index contributed by atoms with van der Waals surface area (Å²) in [6.07, 6.45) is 1.75. The number of methoxy groups -OCH3 is 1. The summed E-state index contributed by atoms with van der Waals surface area (Å²) >= 11 is 0. The van der Waals surface area contributed by atoms with E-state index >= 15 is 0 Å². The van der Waals surface area contributed by atoms with Crippen LogP contribution in [-0.2, 0) is 0 Å². The van der Waals surface area contributed by atoms with Crippen LogP contribution in [0.2, 0.25) is 0 Å². The summed E-state index contributed by atoms with van der Waals surface area (Å²) in [4.78, 5) is 12.5. The molecule has 3 aromatic carbocycles. The standard InChI is InChI=1S/C24H17NO5/c1-27-22-12-16(11-19(14-25)17-5-3-2-4-6-17)7-9-21(22)30-24(26)18-8-10-20-23(13-18)29-15-28-20/h2-13H,15H2,1H3/b19-11-. The van der Waals surface area contributed by atoms with Crippen LogP contribution in [0.1, 0.15) is 21.5 Å². The number of rotatable bonds is 5. The molecule has 148 valence electrons. The Morgan fingerprint density at radius 2 is 1.77 bits per heavy atom. The van der Waals surface area contributed by atoms with Crippen LogP contribution >= 0.6 is 0 Å². The van der Waals surface area contributed by atoms with E-state index in [9.17, 15) is 10.1 Å². The number of ether oxygens (including phenoxy) is 4. The molecule has 1 heterocycles. The highest BCUT2D eigenvalue weighted by Crippen LogP contribution is 2.34. The number of hydrogen-bond donors (Lipinski definition) is 0. The van der Waals surface area contributed by atoms with Crippen molar-refractivity contribution in [3.63, 3.8) is 0 Å². The van der Waals surface area contributed by atoms with E-state index in [2.05, 4.69) is 6.07 Å². The van der Waals surface area contributed by atoms with Crippen LogP contribution in [0.3, 0.4) is 0 Å². The molecule has 6 heteroatoms. The zero-order valence-electron chi connectivity index (χ0n) is 16.1. The SMILES string of the molecule is COc1cc(/C=C(/C#N)c2ccccc2)ccc1OC(=O)c1ccc2c(c1)OCO2. The minimum absolute atomic E-state index is 0.129. The molecule has 0 aliphatic carbocycles. The third-order valence-corrected chi connectivity index (χ3v) is 4.51. The number of carbonyl (C=O) groups excluding carboxylic acids is 1. The van der Waals surface area contributed by atoms with Gasteiger partial charge < -0.3 is 18.9 Å². The van der Waals surface area contributed by atoms with Crippen molar-refractivity contribution in [2.75, 3.05) is 13.9 Å². The highest BCUT2D eigenvalue weighted by atomic mass is 16.7. The lowest BCUT2D eigenvalue weighted by atomic mass is 10.0. The number of benzene rings is 3. The minimum Gasteiger partial charge on any atom is -0.493 e. The molecule has 0 N–H and O–H groups in total. The molecule has 0 aromatic heterocycles. The molecule has 0 saturated carbocycles. The summed E-state index contributed by atoms with van der Waals surface area (Å²) in [7, 11) is 1.49. The van der Waals surface area contributed by atoms with Crippen LogP contribution < -0.4 is 18.9 Å². The Morgan fingerprint density at radius 1 is 0.967 bits per heavy atom. The Bertz CT molecular complexity index is 1160. The molecule has 3 aromatic rings. The summed E-state index contributed by atoms with van der Waals surface area (Å²) in [6, 6.07) is 21.5. The van der Waals surface area contributed by atoms with Gasteiger partial charge in [-0.25, -0.2) is 4.79 Å². The molecule has 0 saturated heterocycles. The van der Waals surface area contributed by atoms with Crippen molar-refractivity contribution in [3.8, 4) is 29.1 Å². The third-order valence-electron chi connectivity index (χ3n) is 4.51. The summed E-state index contributed by atoms with van der Waals surface area (Å²) < 4.78 is 21.4. The van der Waals surface area contributed by atoms with Gasteiger partial charge in [0.15, 0.2) is 23.0 Å². The van der Waals surface area contributed by atoms with Gasteiger partial charge in [0, 0.05) is 0 Å². The van der Waals surface area contributed by atoms with Crippen LogP contribution in [0.15, 0.2) is 66.7 Å². The van der Waals surface area contributed by atoms with Crippen molar-refractivity contribution < 1.29 is 23.7 Å². The van der Waals surface area contributed by atoms with Gasteiger partial charge in [-0.05, 0) is 47.5 Å². The minimum atomic E-state index is -0.545. The lowest BCUT2D eigenvalue weighted by Crippen LogP contribution is -2.09. The first-order valence-electron chi connectivity index (χ1n) is 9.15. The van der Waals surface area contributed by atoms with E-state index in [0.29, 0.717) is 28.4 Å². The van der Waals surface area contributed by atoms with Gasteiger partial charge in [-0.1, -0.05) is 36.4 Å². The first-order valence-corrected chi connectivity index (χ1v) is 9.15. The monoisotopic (exact) mass is 399 g/mol. The van der Waals surface area contributed by atoms with Gasteiger partial charge >= 0.3 is 5.97 Å². The Kier molecular flexibility index (Phi) is 5.35. The largest absolute Gasteiger partial charge is 0.493 e. The van der Waals surface area contributed by atoms with Crippen molar-refractivity contribution in [1.82, 2.24) is 0 Å². The van der Waals surface area contributed by atoms with Gasteiger partial charge in [0.05, 0.1) is 24.3 Å². The zero-order chi connectivity index (χ0) is 20.9. The molecule has 30 heavy (non-hydrogen) atoms. The van der Waals surface area contributed by atoms with E-state index < -0.39 is 5.97 Å². The Labute approximate surface area is 173 Å². The summed E-state index contributed by atoms with van der Waals surface area (Å²) in [5.41, 5.74) is 2.41. The van der Waals surface area contributed by atoms with Crippen LogP contribution in [-0.4, -0.2) is 19.9 Å². The van der Waals surface area contributed by atoms with Crippen LogP contribution in [0, 0.1) is 11.3 Å². The van der Waals surface area contributed by atoms with E-state index in [1.54, 1.807) is 42.5 Å². The summed E-state index contributed by atoms with van der Waals surface area (Å²) in [5.74, 6) is 1.20. The van der Waals surface area contributed by atoms with E-state index in [1.165, 1.54) is 7.11 Å². The van der Waals surface area contributed by atoms with Gasteiger partial charge in [-0.2, -0.15) is 5.26 Å². The number of carbonyl (C=O) groups is 1. The van der Waals surface area contributed by atoms with E-state index in [-0.39, 0.29) is 12.5 Å². The summed E-state index contributed by atoms with van der Waals surface area (Å²) in [6.45, 7) is 0.129. The molecule has 0 radical (unpaired) electrons. The number of fused-ring (bicyclic) bond motifs is 1. The molecule has 0 atom stereocenters. The average molecular weight is 399 g/mol. The molecule has 0 spiro atoms. The highest BCUT2D eigenvalue weighted by Gasteiger charge is 2.18. The number of nitrogens with zero attached hydrogens (tertiary/aromatic N) is 1.